The molecule has 0 unspecified atom stereocenters. The molecule has 3 aromatic rings. The first-order chi connectivity index (χ1) is 12.8. The number of hydrogen-bond donors (Lipinski definition) is 1. The lowest BCUT2D eigenvalue weighted by atomic mass is 10.2. The highest BCUT2D eigenvalue weighted by molar-refractivity contribution is 7.91. The summed E-state index contributed by atoms with van der Waals surface area (Å²) in [5.74, 6) is -0.661. The Morgan fingerprint density at radius 2 is 1.81 bits per heavy atom. The van der Waals surface area contributed by atoms with Crippen molar-refractivity contribution in [2.45, 2.75) is 11.3 Å². The lowest BCUT2D eigenvalue weighted by Gasteiger charge is -2.03. The van der Waals surface area contributed by atoms with Crippen molar-refractivity contribution in [1.82, 2.24) is 10.2 Å². The molecule has 3 rings (SSSR count). The van der Waals surface area contributed by atoms with Gasteiger partial charge in [0.2, 0.25) is 5.89 Å². The van der Waals surface area contributed by atoms with E-state index in [2.05, 4.69) is 15.5 Å². The van der Waals surface area contributed by atoms with Crippen LogP contribution in [-0.4, -0.2) is 30.3 Å². The molecule has 1 amide bonds. The Morgan fingerprint density at radius 1 is 1.07 bits per heavy atom. The first-order valence-corrected chi connectivity index (χ1v) is 10.1. The third-order valence-electron chi connectivity index (χ3n) is 3.55. The molecule has 0 aliphatic rings. The normalized spacial score (nSPS) is 11.3. The minimum absolute atomic E-state index is 0.0157. The van der Waals surface area contributed by atoms with Gasteiger partial charge in [-0.3, -0.25) is 10.1 Å². The van der Waals surface area contributed by atoms with E-state index >= 15 is 0 Å². The molecule has 0 saturated carbocycles. The van der Waals surface area contributed by atoms with Crippen LogP contribution in [0.2, 0.25) is 10.0 Å². The van der Waals surface area contributed by atoms with Crippen molar-refractivity contribution in [2.24, 2.45) is 0 Å². The van der Waals surface area contributed by atoms with Gasteiger partial charge in [-0.2, -0.15) is 0 Å². The number of carbonyl (C=O) groups is 1. The Hall–Kier alpha value is -2.42. The number of nitrogens with one attached hydrogen (secondary N) is 1. The van der Waals surface area contributed by atoms with Crippen LogP contribution in [0.1, 0.15) is 16.2 Å². The van der Waals surface area contributed by atoms with Crippen LogP contribution in [0.5, 0.6) is 0 Å². The van der Waals surface area contributed by atoms with Gasteiger partial charge in [-0.25, -0.2) is 8.42 Å². The molecule has 1 N–H and O–H groups in total. The van der Waals surface area contributed by atoms with E-state index < -0.39 is 15.7 Å². The van der Waals surface area contributed by atoms with Crippen molar-refractivity contribution in [1.29, 1.82) is 0 Å². The Morgan fingerprint density at radius 3 is 2.52 bits per heavy atom. The van der Waals surface area contributed by atoms with E-state index in [1.54, 1.807) is 18.2 Å². The zero-order valence-electron chi connectivity index (χ0n) is 13.7. The van der Waals surface area contributed by atoms with Crippen molar-refractivity contribution in [3.05, 3.63) is 70.0 Å². The van der Waals surface area contributed by atoms with Crippen LogP contribution < -0.4 is 5.32 Å². The smallest absolute Gasteiger partial charge is 0.322 e. The molecule has 7 nitrogen and oxygen atoms in total. The average Bonchev–Trinajstić information content (AvgIpc) is 3.08. The molecule has 10 heteroatoms. The second-order valence-corrected chi connectivity index (χ2v) is 8.41. The lowest BCUT2D eigenvalue weighted by Crippen LogP contribution is -2.12. The minimum atomic E-state index is -3.47. The fourth-order valence-corrected chi connectivity index (χ4v) is 3.96. The van der Waals surface area contributed by atoms with E-state index in [4.69, 9.17) is 27.6 Å². The summed E-state index contributed by atoms with van der Waals surface area (Å²) >= 11 is 11.8. The summed E-state index contributed by atoms with van der Waals surface area (Å²) in [6.45, 7) is 0. The van der Waals surface area contributed by atoms with E-state index in [-0.39, 0.29) is 39.6 Å². The zero-order valence-corrected chi connectivity index (χ0v) is 16.1. The fraction of sp³-hybridized carbons (Fsp3) is 0.118. The molecular weight excluding hydrogens is 413 g/mol. The molecule has 140 valence electrons. The third kappa shape index (κ3) is 4.85. The summed E-state index contributed by atoms with van der Waals surface area (Å²) in [6.07, 6.45) is 0.0157. The van der Waals surface area contributed by atoms with Crippen LogP contribution in [0.25, 0.3) is 0 Å². The quantitative estimate of drug-likeness (QED) is 0.646. The number of aryl methyl sites for hydroxylation is 1. The van der Waals surface area contributed by atoms with E-state index in [1.165, 1.54) is 30.3 Å². The van der Waals surface area contributed by atoms with Crippen molar-refractivity contribution in [2.75, 3.05) is 11.1 Å². The predicted octanol–water partition coefficient (Wildman–Crippen LogP) is 3.65. The number of aromatic nitrogens is 2. The number of amides is 1. The predicted molar refractivity (Wildman–Crippen MR) is 101 cm³/mol. The number of nitrogens with zero attached hydrogens (tertiary/aromatic N) is 2. The second-order valence-electron chi connectivity index (χ2n) is 5.46. The molecule has 27 heavy (non-hydrogen) atoms. The highest BCUT2D eigenvalue weighted by Gasteiger charge is 2.18. The number of benzene rings is 2. The number of rotatable bonds is 6. The second kappa shape index (κ2) is 8.08. The minimum Gasteiger partial charge on any atom is -0.408 e. The summed E-state index contributed by atoms with van der Waals surface area (Å²) in [6, 6.07) is 12.3. The van der Waals surface area contributed by atoms with Crippen LogP contribution in [0, 0.1) is 0 Å². The SMILES string of the molecule is O=C(Nc1nnc(CCS(=O)(=O)c2ccccc2)o1)c1ccc(Cl)cc1Cl. The average molecular weight is 426 g/mol. The summed E-state index contributed by atoms with van der Waals surface area (Å²) in [5, 5.41) is 10.4. The Labute approximate surface area is 165 Å². The number of halogens is 2. The van der Waals surface area contributed by atoms with E-state index in [0.717, 1.165) is 0 Å². The maximum absolute atomic E-state index is 12.3. The zero-order chi connectivity index (χ0) is 19.4. The van der Waals surface area contributed by atoms with E-state index in [1.807, 2.05) is 0 Å². The van der Waals surface area contributed by atoms with Crippen molar-refractivity contribution in [3.8, 4) is 0 Å². The van der Waals surface area contributed by atoms with Crippen molar-refractivity contribution < 1.29 is 17.6 Å². The van der Waals surface area contributed by atoms with Gasteiger partial charge in [0.25, 0.3) is 5.91 Å². The summed E-state index contributed by atoms with van der Waals surface area (Å²) in [5.41, 5.74) is 0.187. The van der Waals surface area contributed by atoms with E-state index in [9.17, 15) is 13.2 Å². The van der Waals surface area contributed by atoms with Crippen LogP contribution in [0.15, 0.2) is 57.8 Å². The number of hydrogen-bond acceptors (Lipinski definition) is 6. The van der Waals surface area contributed by atoms with Crippen LogP contribution in [0.3, 0.4) is 0 Å². The maximum atomic E-state index is 12.3. The molecular formula is C17H13Cl2N3O4S. The highest BCUT2D eigenvalue weighted by Crippen LogP contribution is 2.22. The van der Waals surface area contributed by atoms with Crippen LogP contribution >= 0.6 is 23.2 Å². The van der Waals surface area contributed by atoms with Crippen LogP contribution in [0.4, 0.5) is 6.01 Å². The largest absolute Gasteiger partial charge is 0.408 e. The van der Waals surface area contributed by atoms with Gasteiger partial charge in [0, 0.05) is 11.4 Å². The van der Waals surface area contributed by atoms with Gasteiger partial charge in [-0.1, -0.05) is 46.5 Å². The molecule has 2 aromatic carbocycles. The van der Waals surface area contributed by atoms with Gasteiger partial charge in [-0.15, -0.1) is 5.10 Å². The molecule has 1 heterocycles. The summed E-state index contributed by atoms with van der Waals surface area (Å²) in [7, 11) is -3.47. The van der Waals surface area contributed by atoms with E-state index in [0.29, 0.717) is 5.02 Å². The monoisotopic (exact) mass is 425 g/mol. The third-order valence-corrected chi connectivity index (χ3v) is 5.83. The Kier molecular flexibility index (Phi) is 5.79. The fourth-order valence-electron chi connectivity index (χ4n) is 2.21. The molecule has 0 spiro atoms. The Balaban J connectivity index is 1.64. The van der Waals surface area contributed by atoms with Gasteiger partial charge >= 0.3 is 6.01 Å². The van der Waals surface area contributed by atoms with Gasteiger partial charge in [0.15, 0.2) is 9.84 Å². The van der Waals surface area contributed by atoms with Crippen molar-refractivity contribution >= 4 is 45.0 Å². The maximum Gasteiger partial charge on any atom is 0.322 e. The molecule has 0 aliphatic carbocycles. The highest BCUT2D eigenvalue weighted by atomic mass is 35.5. The first kappa shape index (κ1) is 19.3. The molecule has 0 bridgehead atoms. The molecule has 0 atom stereocenters. The lowest BCUT2D eigenvalue weighted by molar-refractivity contribution is 0.102. The molecule has 0 saturated heterocycles. The number of carbonyl (C=O) groups excluding carboxylic acids is 1. The summed E-state index contributed by atoms with van der Waals surface area (Å²) in [4.78, 5) is 12.4. The topological polar surface area (TPSA) is 102 Å². The van der Waals surface area contributed by atoms with Gasteiger partial charge in [0.1, 0.15) is 0 Å². The molecule has 0 aliphatic heterocycles. The van der Waals surface area contributed by atoms with Gasteiger partial charge in [-0.05, 0) is 30.3 Å². The standard InChI is InChI=1S/C17H13Cl2N3O4S/c18-11-6-7-13(14(19)10-11)16(23)20-17-22-21-15(26-17)8-9-27(24,25)12-4-2-1-3-5-12/h1-7,10H,8-9H2,(H,20,22,23). The number of sulfone groups is 1. The Bertz CT molecular complexity index is 1070. The molecule has 1 aromatic heterocycles. The van der Waals surface area contributed by atoms with Gasteiger partial charge < -0.3 is 4.42 Å². The summed E-state index contributed by atoms with van der Waals surface area (Å²) < 4.78 is 29.8. The van der Waals surface area contributed by atoms with Crippen LogP contribution in [-0.2, 0) is 16.3 Å². The molecule has 0 fully saturated rings. The molecule has 0 radical (unpaired) electrons. The van der Waals surface area contributed by atoms with Gasteiger partial charge in [0.05, 0.1) is 21.2 Å². The number of anilines is 1. The first-order valence-electron chi connectivity index (χ1n) is 7.72. The van der Waals surface area contributed by atoms with Crippen molar-refractivity contribution in [3.63, 3.8) is 0 Å².